The summed E-state index contributed by atoms with van der Waals surface area (Å²) in [5, 5.41) is 24.3. The van der Waals surface area contributed by atoms with Crippen molar-refractivity contribution in [3.05, 3.63) is 27.9 Å². The van der Waals surface area contributed by atoms with E-state index in [0.29, 0.717) is 23.8 Å². The van der Waals surface area contributed by atoms with Crippen LogP contribution in [0.25, 0.3) is 0 Å². The number of nitro groups is 1. The number of aliphatic hydroxyl groups is 1. The molecule has 1 fully saturated rings. The third-order valence-electron chi connectivity index (χ3n) is 3.93. The van der Waals surface area contributed by atoms with E-state index >= 15 is 0 Å². The summed E-state index contributed by atoms with van der Waals surface area (Å²) in [6.45, 7) is 4.36. The Kier molecular flexibility index (Phi) is 4.23. The summed E-state index contributed by atoms with van der Waals surface area (Å²) in [5.74, 6) is 1.13. The minimum Gasteiger partial charge on any atom is -0.388 e. The van der Waals surface area contributed by atoms with Crippen LogP contribution in [0.15, 0.2) is 12.3 Å². The molecule has 6 heteroatoms. The number of aryl methyl sites for hydroxylation is 1. The third-order valence-corrected chi connectivity index (χ3v) is 3.93. The number of hydrogen-bond acceptors (Lipinski definition) is 5. The Morgan fingerprint density at radius 2 is 2.40 bits per heavy atom. The smallest absolute Gasteiger partial charge is 0.287 e. The van der Waals surface area contributed by atoms with Crippen LogP contribution in [0.3, 0.4) is 0 Å². The Labute approximate surface area is 118 Å². The van der Waals surface area contributed by atoms with Crippen molar-refractivity contribution in [2.75, 3.05) is 11.9 Å². The Balaban J connectivity index is 2.02. The van der Waals surface area contributed by atoms with E-state index in [1.807, 2.05) is 0 Å². The number of hydrogen-bond donors (Lipinski definition) is 2. The van der Waals surface area contributed by atoms with Crippen molar-refractivity contribution in [3.63, 3.8) is 0 Å². The van der Waals surface area contributed by atoms with Crippen LogP contribution in [-0.4, -0.2) is 27.2 Å². The van der Waals surface area contributed by atoms with Gasteiger partial charge in [0.1, 0.15) is 12.0 Å². The lowest BCUT2D eigenvalue weighted by Crippen LogP contribution is -2.41. The summed E-state index contributed by atoms with van der Waals surface area (Å²) in [5.41, 5.74) is -0.00203. The van der Waals surface area contributed by atoms with Crippen LogP contribution in [0.4, 0.5) is 11.5 Å². The van der Waals surface area contributed by atoms with Crippen molar-refractivity contribution in [1.29, 1.82) is 0 Å². The van der Waals surface area contributed by atoms with E-state index in [0.717, 1.165) is 25.7 Å². The van der Waals surface area contributed by atoms with E-state index in [1.165, 1.54) is 12.3 Å². The van der Waals surface area contributed by atoms with Gasteiger partial charge in [0.25, 0.3) is 5.69 Å². The summed E-state index contributed by atoms with van der Waals surface area (Å²) in [6, 6.07) is 1.49. The molecule has 1 heterocycles. The van der Waals surface area contributed by atoms with Crippen molar-refractivity contribution >= 4 is 11.5 Å². The summed E-state index contributed by atoms with van der Waals surface area (Å²) in [6.07, 6.45) is 5.01. The Morgan fingerprint density at radius 3 is 3.00 bits per heavy atom. The summed E-state index contributed by atoms with van der Waals surface area (Å²) < 4.78 is 0. The largest absolute Gasteiger partial charge is 0.388 e. The molecule has 2 N–H and O–H groups in total. The molecular formula is C14H21N3O3. The first-order valence-corrected chi connectivity index (χ1v) is 6.97. The van der Waals surface area contributed by atoms with E-state index in [4.69, 9.17) is 0 Å². The second kappa shape index (κ2) is 5.75. The van der Waals surface area contributed by atoms with Crippen LogP contribution in [0.5, 0.6) is 0 Å². The van der Waals surface area contributed by atoms with Crippen LogP contribution < -0.4 is 5.32 Å². The number of pyridine rings is 1. The molecule has 1 aromatic rings. The van der Waals surface area contributed by atoms with Gasteiger partial charge in [0.2, 0.25) is 0 Å². The van der Waals surface area contributed by atoms with Crippen molar-refractivity contribution in [2.24, 2.45) is 5.92 Å². The summed E-state index contributed by atoms with van der Waals surface area (Å²) in [4.78, 5) is 14.3. The molecule has 0 aromatic carbocycles. The molecule has 1 aliphatic carbocycles. The number of nitrogens with zero attached hydrogens (tertiary/aromatic N) is 2. The second-order valence-corrected chi connectivity index (χ2v) is 5.90. The number of nitrogens with one attached hydrogen (secondary N) is 1. The number of rotatable bonds is 4. The van der Waals surface area contributed by atoms with Gasteiger partial charge in [0, 0.05) is 12.6 Å². The van der Waals surface area contributed by atoms with E-state index in [-0.39, 0.29) is 5.69 Å². The van der Waals surface area contributed by atoms with Gasteiger partial charge in [-0.1, -0.05) is 19.8 Å². The van der Waals surface area contributed by atoms with Gasteiger partial charge in [-0.15, -0.1) is 0 Å². The van der Waals surface area contributed by atoms with Crippen LogP contribution in [0, 0.1) is 23.0 Å². The zero-order chi connectivity index (χ0) is 14.8. The van der Waals surface area contributed by atoms with Gasteiger partial charge in [0.05, 0.1) is 10.5 Å². The van der Waals surface area contributed by atoms with E-state index in [1.54, 1.807) is 6.92 Å². The van der Waals surface area contributed by atoms with Crippen LogP contribution in [0.1, 0.15) is 38.2 Å². The van der Waals surface area contributed by atoms with E-state index in [9.17, 15) is 15.2 Å². The second-order valence-electron chi connectivity index (χ2n) is 5.90. The predicted molar refractivity (Wildman–Crippen MR) is 76.7 cm³/mol. The lowest BCUT2D eigenvalue weighted by molar-refractivity contribution is -0.385. The monoisotopic (exact) mass is 279 g/mol. The number of anilines is 1. The molecular weight excluding hydrogens is 258 g/mol. The van der Waals surface area contributed by atoms with Gasteiger partial charge in [-0.2, -0.15) is 0 Å². The zero-order valence-corrected chi connectivity index (χ0v) is 11.9. The average molecular weight is 279 g/mol. The number of aromatic nitrogens is 1. The molecule has 2 atom stereocenters. The highest BCUT2D eigenvalue weighted by Crippen LogP contribution is 2.32. The Morgan fingerprint density at radius 1 is 1.65 bits per heavy atom. The zero-order valence-electron chi connectivity index (χ0n) is 11.9. The maximum absolute atomic E-state index is 10.7. The molecule has 20 heavy (non-hydrogen) atoms. The average Bonchev–Trinajstić information content (AvgIpc) is 2.36. The van der Waals surface area contributed by atoms with Crippen LogP contribution in [-0.2, 0) is 0 Å². The van der Waals surface area contributed by atoms with Gasteiger partial charge < -0.3 is 10.4 Å². The highest BCUT2D eigenvalue weighted by atomic mass is 16.6. The molecule has 0 aliphatic heterocycles. The quantitative estimate of drug-likeness (QED) is 0.653. The Bertz CT molecular complexity index is 506. The van der Waals surface area contributed by atoms with Crippen LogP contribution in [0.2, 0.25) is 0 Å². The lowest BCUT2D eigenvalue weighted by Gasteiger charge is -2.35. The van der Waals surface area contributed by atoms with Gasteiger partial charge >= 0.3 is 0 Å². The maximum Gasteiger partial charge on any atom is 0.287 e. The first-order chi connectivity index (χ1) is 9.39. The molecule has 1 aromatic heterocycles. The lowest BCUT2D eigenvalue weighted by atomic mass is 9.79. The molecule has 0 amide bonds. The molecule has 1 aliphatic rings. The normalized spacial score (nSPS) is 26.2. The molecule has 0 spiro atoms. The topological polar surface area (TPSA) is 88.3 Å². The summed E-state index contributed by atoms with van der Waals surface area (Å²) >= 11 is 0. The van der Waals surface area contributed by atoms with Crippen molar-refractivity contribution in [3.8, 4) is 0 Å². The fourth-order valence-corrected chi connectivity index (χ4v) is 2.89. The molecule has 1 saturated carbocycles. The standard InChI is InChI=1S/C14H21N3O3/c1-10-4-3-5-14(18,7-10)9-16-13-11(2)6-12(8-15-13)17(19)20/h6,8,10,18H,3-5,7,9H2,1-2H3,(H,15,16). The third kappa shape index (κ3) is 3.45. The maximum atomic E-state index is 10.7. The fraction of sp³-hybridized carbons (Fsp3) is 0.643. The van der Waals surface area contributed by atoms with Crippen molar-refractivity contribution in [1.82, 2.24) is 4.98 Å². The Hall–Kier alpha value is -1.69. The van der Waals surface area contributed by atoms with Gasteiger partial charge in [0.15, 0.2) is 0 Å². The van der Waals surface area contributed by atoms with Gasteiger partial charge in [-0.3, -0.25) is 10.1 Å². The van der Waals surface area contributed by atoms with Crippen LogP contribution >= 0.6 is 0 Å². The SMILES string of the molecule is Cc1cc([N+](=O)[O-])cnc1NCC1(O)CCCC(C)C1. The highest BCUT2D eigenvalue weighted by molar-refractivity contribution is 5.48. The first kappa shape index (κ1) is 14.7. The minimum atomic E-state index is -0.701. The van der Waals surface area contributed by atoms with Gasteiger partial charge in [-0.25, -0.2) is 4.98 Å². The highest BCUT2D eigenvalue weighted by Gasteiger charge is 2.32. The molecule has 2 unspecified atom stereocenters. The molecule has 0 bridgehead atoms. The first-order valence-electron chi connectivity index (χ1n) is 6.97. The van der Waals surface area contributed by atoms with Crippen molar-refractivity contribution < 1.29 is 10.0 Å². The molecule has 2 rings (SSSR count). The van der Waals surface area contributed by atoms with Gasteiger partial charge in [-0.05, 0) is 31.2 Å². The van der Waals surface area contributed by atoms with E-state index in [2.05, 4.69) is 17.2 Å². The molecule has 110 valence electrons. The molecule has 0 saturated heterocycles. The predicted octanol–water partition coefficient (Wildman–Crippen LogP) is 2.65. The van der Waals surface area contributed by atoms with Crippen molar-refractivity contribution in [2.45, 2.75) is 45.1 Å². The van der Waals surface area contributed by atoms with E-state index < -0.39 is 10.5 Å². The summed E-state index contributed by atoms with van der Waals surface area (Å²) in [7, 11) is 0. The molecule has 6 nitrogen and oxygen atoms in total. The minimum absolute atomic E-state index is 0.0157. The molecule has 0 radical (unpaired) electrons. The fourth-order valence-electron chi connectivity index (χ4n) is 2.89.